The number of aryl methyl sites for hydroxylation is 1. The van der Waals surface area contributed by atoms with Crippen LogP contribution >= 0.6 is 22.9 Å². The van der Waals surface area contributed by atoms with Crippen LogP contribution in [-0.2, 0) is 12.8 Å². The van der Waals surface area contributed by atoms with E-state index in [0.29, 0.717) is 11.1 Å². The summed E-state index contributed by atoms with van der Waals surface area (Å²) in [7, 11) is 4.17. The number of carbonyl (C=O) groups is 1. The molecule has 1 aliphatic carbocycles. The Balaban J connectivity index is 1.85. The molecule has 3 nitrogen and oxygen atoms in total. The second-order valence-electron chi connectivity index (χ2n) is 6.37. The number of rotatable bonds is 4. The van der Waals surface area contributed by atoms with Crippen molar-refractivity contribution in [1.82, 2.24) is 4.90 Å². The molecule has 1 atom stereocenters. The van der Waals surface area contributed by atoms with E-state index in [-0.39, 0.29) is 11.5 Å². The highest BCUT2D eigenvalue weighted by atomic mass is 35.5. The van der Waals surface area contributed by atoms with Crippen LogP contribution in [0.3, 0.4) is 0 Å². The number of halogens is 1. The predicted molar refractivity (Wildman–Crippen MR) is 100 cm³/mol. The number of phenolic OH excluding ortho intramolecular Hbond substituents is 1. The van der Waals surface area contributed by atoms with Crippen LogP contribution in [0, 0.1) is 6.92 Å². The van der Waals surface area contributed by atoms with Gasteiger partial charge < -0.3 is 10.0 Å². The second-order valence-corrected chi connectivity index (χ2v) is 8.01. The topological polar surface area (TPSA) is 40.5 Å². The van der Waals surface area contributed by atoms with Crippen molar-refractivity contribution in [2.45, 2.75) is 25.8 Å². The van der Waals surface area contributed by atoms with Crippen molar-refractivity contribution in [1.29, 1.82) is 0 Å². The molecule has 0 fully saturated rings. The van der Waals surface area contributed by atoms with Crippen LogP contribution in [0.4, 0.5) is 0 Å². The number of hydrogen-bond donors (Lipinski definition) is 1. The van der Waals surface area contributed by atoms with Gasteiger partial charge in [0.1, 0.15) is 5.75 Å². The Labute approximate surface area is 151 Å². The fraction of sp³-hybridized carbons (Fsp3) is 0.316. The zero-order chi connectivity index (χ0) is 17.4. The molecule has 0 aliphatic heterocycles. The van der Waals surface area contributed by atoms with E-state index in [1.807, 2.05) is 0 Å². The predicted octanol–water partition coefficient (Wildman–Crippen LogP) is 4.34. The van der Waals surface area contributed by atoms with E-state index in [1.54, 1.807) is 35.6 Å². The molecule has 24 heavy (non-hydrogen) atoms. The maximum absolute atomic E-state index is 12.7. The van der Waals surface area contributed by atoms with Crippen LogP contribution in [0.1, 0.15) is 31.2 Å². The van der Waals surface area contributed by atoms with Crippen LogP contribution < -0.4 is 0 Å². The standard InChI is InChI=1S/C19H20ClNO2S/c1-11-15-8-13(21(2)3)9-16(15)19(24-11)18(23)7-5-12-4-6-14(22)10-17(12)20/h4-7,10,13,22H,8-9H2,1-3H3/b7-5+/t13-/m0/s1. The Morgan fingerprint density at radius 1 is 1.33 bits per heavy atom. The highest BCUT2D eigenvalue weighted by Gasteiger charge is 2.30. The van der Waals surface area contributed by atoms with Crippen molar-refractivity contribution >= 4 is 34.8 Å². The van der Waals surface area contributed by atoms with Gasteiger partial charge >= 0.3 is 0 Å². The summed E-state index contributed by atoms with van der Waals surface area (Å²) in [6.07, 6.45) is 5.24. The summed E-state index contributed by atoms with van der Waals surface area (Å²) >= 11 is 7.67. The van der Waals surface area contributed by atoms with Gasteiger partial charge in [0.15, 0.2) is 5.78 Å². The molecule has 5 heteroatoms. The van der Waals surface area contributed by atoms with Gasteiger partial charge in [0, 0.05) is 10.9 Å². The fourth-order valence-electron chi connectivity index (χ4n) is 3.11. The molecule has 0 saturated carbocycles. The van der Waals surface area contributed by atoms with Gasteiger partial charge in [0.2, 0.25) is 0 Å². The smallest absolute Gasteiger partial charge is 0.196 e. The minimum Gasteiger partial charge on any atom is -0.508 e. The summed E-state index contributed by atoms with van der Waals surface area (Å²) in [4.78, 5) is 17.0. The first-order chi connectivity index (χ1) is 11.4. The van der Waals surface area contributed by atoms with Crippen LogP contribution in [0.5, 0.6) is 5.75 Å². The maximum atomic E-state index is 12.7. The summed E-state index contributed by atoms with van der Waals surface area (Å²) in [6, 6.07) is 5.21. The quantitative estimate of drug-likeness (QED) is 0.650. The number of fused-ring (bicyclic) bond motifs is 1. The van der Waals surface area contributed by atoms with E-state index >= 15 is 0 Å². The number of carbonyl (C=O) groups excluding carboxylic acids is 1. The van der Waals surface area contributed by atoms with Gasteiger partial charge in [-0.05, 0) is 80.9 Å². The number of phenols is 1. The first kappa shape index (κ1) is 17.2. The number of nitrogens with zero attached hydrogens (tertiary/aromatic N) is 1. The highest BCUT2D eigenvalue weighted by molar-refractivity contribution is 7.14. The number of allylic oxidation sites excluding steroid dienone is 1. The highest BCUT2D eigenvalue weighted by Crippen LogP contribution is 2.36. The zero-order valence-electron chi connectivity index (χ0n) is 14.0. The van der Waals surface area contributed by atoms with Gasteiger partial charge in [-0.15, -0.1) is 11.3 Å². The molecule has 0 radical (unpaired) electrons. The SMILES string of the molecule is Cc1sc(C(=O)/C=C/c2ccc(O)cc2Cl)c2c1C[C@H](N(C)C)C2. The minimum atomic E-state index is 0.0212. The lowest BCUT2D eigenvalue weighted by atomic mass is 10.1. The molecule has 1 aromatic carbocycles. The molecule has 0 saturated heterocycles. The lowest BCUT2D eigenvalue weighted by Crippen LogP contribution is -2.28. The van der Waals surface area contributed by atoms with Crippen molar-refractivity contribution in [3.8, 4) is 5.75 Å². The molecule has 3 rings (SSSR count). The number of ketones is 1. The molecule has 126 valence electrons. The Bertz CT molecular complexity index is 823. The zero-order valence-corrected chi connectivity index (χ0v) is 15.5. The van der Waals surface area contributed by atoms with E-state index in [9.17, 15) is 9.90 Å². The Morgan fingerprint density at radius 3 is 2.71 bits per heavy atom. The van der Waals surface area contributed by atoms with Gasteiger partial charge in [-0.25, -0.2) is 0 Å². The van der Waals surface area contributed by atoms with Gasteiger partial charge in [-0.1, -0.05) is 11.6 Å². The van der Waals surface area contributed by atoms with Gasteiger partial charge in [0.25, 0.3) is 0 Å². The Hall–Kier alpha value is -1.62. The van der Waals surface area contributed by atoms with Crippen molar-refractivity contribution < 1.29 is 9.90 Å². The molecule has 0 bridgehead atoms. The summed E-state index contributed by atoms with van der Waals surface area (Å²) in [5, 5.41) is 9.82. The Morgan fingerprint density at radius 2 is 2.04 bits per heavy atom. The van der Waals surface area contributed by atoms with E-state index in [1.165, 1.54) is 22.1 Å². The normalized spacial score (nSPS) is 17.0. The van der Waals surface area contributed by atoms with Gasteiger partial charge in [0.05, 0.1) is 9.90 Å². The second kappa shape index (κ2) is 6.71. The van der Waals surface area contributed by atoms with E-state index < -0.39 is 0 Å². The van der Waals surface area contributed by atoms with E-state index in [4.69, 9.17) is 11.6 Å². The molecule has 2 aromatic rings. The van der Waals surface area contributed by atoms with Crippen LogP contribution in [0.2, 0.25) is 5.02 Å². The average Bonchev–Trinajstić information content (AvgIpc) is 3.07. The summed E-state index contributed by atoms with van der Waals surface area (Å²) in [5.41, 5.74) is 3.28. The first-order valence-corrected chi connectivity index (χ1v) is 9.04. The van der Waals surface area contributed by atoms with E-state index in [0.717, 1.165) is 23.3 Å². The molecular formula is C19H20ClNO2S. The van der Waals surface area contributed by atoms with Gasteiger partial charge in [-0.2, -0.15) is 0 Å². The number of benzene rings is 1. The molecule has 0 unspecified atom stereocenters. The third-order valence-electron chi connectivity index (χ3n) is 4.55. The lowest BCUT2D eigenvalue weighted by molar-refractivity contribution is 0.105. The molecule has 0 amide bonds. The number of aromatic hydroxyl groups is 1. The molecule has 1 aliphatic rings. The summed E-state index contributed by atoms with van der Waals surface area (Å²) in [5.74, 6) is 0.137. The van der Waals surface area contributed by atoms with Crippen molar-refractivity contribution in [3.05, 3.63) is 55.7 Å². The lowest BCUT2D eigenvalue weighted by Gasteiger charge is -2.18. The summed E-state index contributed by atoms with van der Waals surface area (Å²) < 4.78 is 0. The third kappa shape index (κ3) is 3.27. The molecule has 1 N–H and O–H groups in total. The van der Waals surface area contributed by atoms with Crippen LogP contribution in [0.25, 0.3) is 6.08 Å². The average molecular weight is 362 g/mol. The van der Waals surface area contributed by atoms with Crippen LogP contribution in [0.15, 0.2) is 24.3 Å². The first-order valence-electron chi connectivity index (χ1n) is 7.85. The number of thiophene rings is 1. The summed E-state index contributed by atoms with van der Waals surface area (Å²) in [6.45, 7) is 2.10. The fourth-order valence-corrected chi connectivity index (χ4v) is 4.48. The maximum Gasteiger partial charge on any atom is 0.196 e. The largest absolute Gasteiger partial charge is 0.508 e. The Kier molecular flexibility index (Phi) is 4.81. The van der Waals surface area contributed by atoms with Gasteiger partial charge in [-0.3, -0.25) is 4.79 Å². The molecule has 1 heterocycles. The van der Waals surface area contributed by atoms with Crippen molar-refractivity contribution in [3.63, 3.8) is 0 Å². The number of likely N-dealkylation sites (N-methyl/N-ethyl adjacent to an activating group) is 1. The third-order valence-corrected chi connectivity index (χ3v) is 6.08. The molecular weight excluding hydrogens is 342 g/mol. The van der Waals surface area contributed by atoms with E-state index in [2.05, 4.69) is 25.9 Å². The van der Waals surface area contributed by atoms with Crippen LogP contribution in [-0.4, -0.2) is 35.9 Å². The molecule has 1 aromatic heterocycles. The molecule has 0 spiro atoms. The monoisotopic (exact) mass is 361 g/mol. The van der Waals surface area contributed by atoms with Crippen molar-refractivity contribution in [2.24, 2.45) is 0 Å². The number of hydrogen-bond acceptors (Lipinski definition) is 4. The van der Waals surface area contributed by atoms with Crippen molar-refractivity contribution in [2.75, 3.05) is 14.1 Å². The minimum absolute atomic E-state index is 0.0212.